The van der Waals surface area contributed by atoms with Gasteiger partial charge in [0.05, 0.1) is 6.26 Å². The van der Waals surface area contributed by atoms with Gasteiger partial charge < -0.3 is 15.1 Å². The Morgan fingerprint density at radius 1 is 1.12 bits per heavy atom. The highest BCUT2D eigenvalue weighted by molar-refractivity contribution is 7.99. The van der Waals surface area contributed by atoms with Crippen molar-refractivity contribution >= 4 is 23.6 Å². The van der Waals surface area contributed by atoms with E-state index < -0.39 is 6.04 Å². The molecule has 0 saturated heterocycles. The fraction of sp³-hybridized carbons (Fsp3) is 0.333. The van der Waals surface area contributed by atoms with Crippen molar-refractivity contribution in [3.8, 4) is 0 Å². The number of amides is 2. The van der Waals surface area contributed by atoms with Gasteiger partial charge in [0, 0.05) is 17.2 Å². The molecule has 0 aliphatic heterocycles. The molecule has 1 heterocycles. The first kappa shape index (κ1) is 18.1. The van der Waals surface area contributed by atoms with E-state index in [9.17, 15) is 9.59 Å². The standard InChI is InChI=1S/C18H22N2O3S/c1-13(2)16(20-17(21)15-9-6-11-23-15)18(22)19-10-12-24-14-7-4-3-5-8-14/h3-9,11,13,16H,10,12H2,1-2H3,(H,19,22)(H,20,21)/t16-/m0/s1. The average molecular weight is 346 g/mol. The first-order valence-corrected chi connectivity index (χ1v) is 8.86. The molecule has 2 N–H and O–H groups in total. The van der Waals surface area contributed by atoms with E-state index in [4.69, 9.17) is 4.42 Å². The van der Waals surface area contributed by atoms with Crippen molar-refractivity contribution in [2.75, 3.05) is 12.3 Å². The van der Waals surface area contributed by atoms with Gasteiger partial charge in [-0.3, -0.25) is 9.59 Å². The molecule has 0 unspecified atom stereocenters. The van der Waals surface area contributed by atoms with Crippen LogP contribution in [0.4, 0.5) is 0 Å². The van der Waals surface area contributed by atoms with Gasteiger partial charge in [-0.1, -0.05) is 32.0 Å². The molecule has 0 fully saturated rings. The summed E-state index contributed by atoms with van der Waals surface area (Å²) in [7, 11) is 0. The summed E-state index contributed by atoms with van der Waals surface area (Å²) < 4.78 is 5.06. The van der Waals surface area contributed by atoms with Crippen LogP contribution < -0.4 is 10.6 Å². The van der Waals surface area contributed by atoms with Crippen molar-refractivity contribution < 1.29 is 14.0 Å². The van der Waals surface area contributed by atoms with E-state index >= 15 is 0 Å². The zero-order chi connectivity index (χ0) is 17.4. The molecule has 0 radical (unpaired) electrons. The number of rotatable bonds is 8. The van der Waals surface area contributed by atoms with Gasteiger partial charge in [-0.2, -0.15) is 0 Å². The molecule has 5 nitrogen and oxygen atoms in total. The van der Waals surface area contributed by atoms with Crippen LogP contribution in [0.25, 0.3) is 0 Å². The Bertz CT molecular complexity index is 642. The van der Waals surface area contributed by atoms with Crippen LogP contribution in [0.2, 0.25) is 0 Å². The Morgan fingerprint density at radius 2 is 1.88 bits per heavy atom. The molecule has 2 aromatic rings. The second-order valence-corrected chi connectivity index (χ2v) is 6.79. The van der Waals surface area contributed by atoms with Crippen LogP contribution in [-0.2, 0) is 4.79 Å². The molecule has 0 aliphatic rings. The zero-order valence-electron chi connectivity index (χ0n) is 13.8. The minimum absolute atomic E-state index is 0.0225. The molecule has 6 heteroatoms. The fourth-order valence-corrected chi connectivity index (χ4v) is 2.91. The molecule has 128 valence electrons. The maximum atomic E-state index is 12.3. The highest BCUT2D eigenvalue weighted by atomic mass is 32.2. The number of hydrogen-bond acceptors (Lipinski definition) is 4. The summed E-state index contributed by atoms with van der Waals surface area (Å²) in [5, 5.41) is 5.61. The fourth-order valence-electron chi connectivity index (χ4n) is 2.12. The van der Waals surface area contributed by atoms with Crippen LogP contribution in [0.3, 0.4) is 0 Å². The first-order valence-electron chi connectivity index (χ1n) is 7.88. The van der Waals surface area contributed by atoms with Gasteiger partial charge >= 0.3 is 0 Å². The van der Waals surface area contributed by atoms with E-state index in [0.29, 0.717) is 6.54 Å². The first-order chi connectivity index (χ1) is 11.6. The minimum Gasteiger partial charge on any atom is -0.459 e. The molecule has 0 saturated carbocycles. The van der Waals surface area contributed by atoms with E-state index in [2.05, 4.69) is 10.6 Å². The van der Waals surface area contributed by atoms with Crippen LogP contribution in [0.5, 0.6) is 0 Å². The van der Waals surface area contributed by atoms with Crippen molar-refractivity contribution in [3.05, 3.63) is 54.5 Å². The molecule has 24 heavy (non-hydrogen) atoms. The smallest absolute Gasteiger partial charge is 0.287 e. The molecule has 1 aromatic carbocycles. The quantitative estimate of drug-likeness (QED) is 0.569. The van der Waals surface area contributed by atoms with Crippen molar-refractivity contribution in [3.63, 3.8) is 0 Å². The minimum atomic E-state index is -0.593. The number of carbonyl (C=O) groups is 2. The molecule has 1 aromatic heterocycles. The second kappa shape index (κ2) is 9.17. The maximum absolute atomic E-state index is 12.3. The van der Waals surface area contributed by atoms with Gasteiger partial charge in [0.1, 0.15) is 6.04 Å². The van der Waals surface area contributed by atoms with Crippen molar-refractivity contribution in [1.29, 1.82) is 0 Å². The summed E-state index contributed by atoms with van der Waals surface area (Å²) in [6.07, 6.45) is 1.43. The predicted molar refractivity (Wildman–Crippen MR) is 95.0 cm³/mol. The van der Waals surface area contributed by atoms with E-state index in [0.717, 1.165) is 5.75 Å². The lowest BCUT2D eigenvalue weighted by Gasteiger charge is -2.21. The molecule has 0 bridgehead atoms. The molecular formula is C18H22N2O3S. The highest BCUT2D eigenvalue weighted by Crippen LogP contribution is 2.15. The molecular weight excluding hydrogens is 324 g/mol. The number of hydrogen-bond donors (Lipinski definition) is 2. The number of carbonyl (C=O) groups excluding carboxylic acids is 2. The van der Waals surface area contributed by atoms with E-state index in [-0.39, 0.29) is 23.5 Å². The lowest BCUT2D eigenvalue weighted by molar-refractivity contribution is -0.123. The van der Waals surface area contributed by atoms with Crippen LogP contribution in [0, 0.1) is 5.92 Å². The van der Waals surface area contributed by atoms with Crippen molar-refractivity contribution in [2.24, 2.45) is 5.92 Å². The predicted octanol–water partition coefficient (Wildman–Crippen LogP) is 2.94. The van der Waals surface area contributed by atoms with Gasteiger partial charge in [0.25, 0.3) is 5.91 Å². The van der Waals surface area contributed by atoms with Gasteiger partial charge in [0.2, 0.25) is 5.91 Å². The lowest BCUT2D eigenvalue weighted by Crippen LogP contribution is -2.50. The van der Waals surface area contributed by atoms with Crippen LogP contribution in [-0.4, -0.2) is 30.2 Å². The third-order valence-corrected chi connectivity index (χ3v) is 4.41. The van der Waals surface area contributed by atoms with E-state index in [1.165, 1.54) is 11.2 Å². The second-order valence-electron chi connectivity index (χ2n) is 5.62. The Balaban J connectivity index is 1.79. The van der Waals surface area contributed by atoms with Gasteiger partial charge in [-0.05, 0) is 30.2 Å². The van der Waals surface area contributed by atoms with Crippen molar-refractivity contribution in [1.82, 2.24) is 10.6 Å². The Morgan fingerprint density at radius 3 is 2.50 bits per heavy atom. The van der Waals surface area contributed by atoms with Gasteiger partial charge in [-0.15, -0.1) is 11.8 Å². The normalized spacial score (nSPS) is 12.0. The molecule has 0 aliphatic carbocycles. The molecule has 2 amide bonds. The van der Waals surface area contributed by atoms with Crippen LogP contribution in [0.15, 0.2) is 58.0 Å². The lowest BCUT2D eigenvalue weighted by atomic mass is 10.0. The third-order valence-electron chi connectivity index (χ3n) is 3.39. The molecule has 2 rings (SSSR count). The molecule has 1 atom stereocenters. The Labute approximate surface area is 146 Å². The van der Waals surface area contributed by atoms with Crippen LogP contribution >= 0.6 is 11.8 Å². The van der Waals surface area contributed by atoms with Crippen molar-refractivity contribution in [2.45, 2.75) is 24.8 Å². The summed E-state index contributed by atoms with van der Waals surface area (Å²) in [6, 6.07) is 12.6. The largest absolute Gasteiger partial charge is 0.459 e. The monoisotopic (exact) mass is 346 g/mol. The van der Waals surface area contributed by atoms with Gasteiger partial charge in [0.15, 0.2) is 5.76 Å². The summed E-state index contributed by atoms with van der Waals surface area (Å²) in [5.74, 6) is 0.386. The summed E-state index contributed by atoms with van der Waals surface area (Å²) in [4.78, 5) is 25.6. The Kier molecular flexibility index (Phi) is 6.93. The number of furan rings is 1. The van der Waals surface area contributed by atoms with E-state index in [1.807, 2.05) is 44.2 Å². The van der Waals surface area contributed by atoms with Gasteiger partial charge in [-0.25, -0.2) is 0 Å². The average Bonchev–Trinajstić information content (AvgIpc) is 3.11. The van der Waals surface area contributed by atoms with E-state index in [1.54, 1.807) is 23.9 Å². The third kappa shape index (κ3) is 5.45. The van der Waals surface area contributed by atoms with Crippen LogP contribution in [0.1, 0.15) is 24.4 Å². The summed E-state index contributed by atoms with van der Waals surface area (Å²) in [6.45, 7) is 4.33. The zero-order valence-corrected chi connectivity index (χ0v) is 14.6. The highest BCUT2D eigenvalue weighted by Gasteiger charge is 2.25. The topological polar surface area (TPSA) is 71.3 Å². The maximum Gasteiger partial charge on any atom is 0.287 e. The number of thioether (sulfide) groups is 1. The molecule has 0 spiro atoms. The summed E-state index contributed by atoms with van der Waals surface area (Å²) in [5.41, 5.74) is 0. The SMILES string of the molecule is CC(C)[C@H](NC(=O)c1ccco1)C(=O)NCCSc1ccccc1. The number of nitrogens with one attached hydrogen (secondary N) is 2. The Hall–Kier alpha value is -2.21. The number of benzene rings is 1. The summed E-state index contributed by atoms with van der Waals surface area (Å²) >= 11 is 1.68.